The highest BCUT2D eigenvalue weighted by Crippen LogP contribution is 2.32. The van der Waals surface area contributed by atoms with Crippen LogP contribution >= 0.6 is 11.6 Å². The highest BCUT2D eigenvalue weighted by Gasteiger charge is 2.32. The molecule has 4 rings (SSSR count). The number of hydrogen-bond donors (Lipinski definition) is 1. The summed E-state index contributed by atoms with van der Waals surface area (Å²) in [6.07, 6.45) is 2.28. The summed E-state index contributed by atoms with van der Waals surface area (Å²) in [4.78, 5) is 16.9. The Hall–Kier alpha value is -2.61. The fraction of sp³-hybridized carbons (Fsp3) is 0.381. The van der Waals surface area contributed by atoms with Crippen molar-refractivity contribution >= 4 is 28.5 Å². The molecule has 0 atom stereocenters. The second-order valence-corrected chi connectivity index (χ2v) is 8.03. The first-order chi connectivity index (χ1) is 14.3. The molecule has 1 aromatic carbocycles. The number of carbonyl (C=O) groups excluding carboxylic acids is 1. The molecule has 2 heterocycles. The molecule has 9 heteroatoms. The first kappa shape index (κ1) is 20.7. The molecule has 1 saturated carbocycles. The van der Waals surface area contributed by atoms with Gasteiger partial charge in [0.1, 0.15) is 0 Å². The molecule has 0 spiro atoms. The Labute approximate surface area is 176 Å². The van der Waals surface area contributed by atoms with Crippen molar-refractivity contribution in [3.8, 4) is 0 Å². The lowest BCUT2D eigenvalue weighted by atomic mass is 9.86. The van der Waals surface area contributed by atoms with Crippen molar-refractivity contribution in [1.29, 1.82) is 0 Å². The van der Waals surface area contributed by atoms with Crippen molar-refractivity contribution in [3.63, 3.8) is 0 Å². The first-order valence-corrected chi connectivity index (χ1v) is 10.1. The number of fused-ring (bicyclic) bond motifs is 1. The molecule has 0 aliphatic heterocycles. The van der Waals surface area contributed by atoms with Crippen LogP contribution in [-0.2, 0) is 12.7 Å². The minimum absolute atomic E-state index is 0.00671. The second-order valence-electron chi connectivity index (χ2n) is 7.63. The summed E-state index contributed by atoms with van der Waals surface area (Å²) in [5.41, 5.74) is -0.185. The van der Waals surface area contributed by atoms with E-state index in [2.05, 4.69) is 15.4 Å². The van der Waals surface area contributed by atoms with Crippen LogP contribution in [0.25, 0.3) is 11.0 Å². The number of nitrogens with zero attached hydrogens (tertiary/aromatic N) is 3. The average molecular weight is 437 g/mol. The standard InChI is InChI=1S/C21H20ClF3N4O/c22-18-8-5-15(21(23,24)25)10-17(18)20(30)28-16-6-3-13(4-7-16)12-29-19-14(11-27-29)2-1-9-26-19/h1-2,5,8-11,13,16H,3-4,6-7,12H2,(H,28,30)/t13-,16-. The first-order valence-electron chi connectivity index (χ1n) is 9.75. The largest absolute Gasteiger partial charge is 0.416 e. The molecule has 1 aliphatic carbocycles. The Balaban J connectivity index is 1.35. The maximum Gasteiger partial charge on any atom is 0.416 e. The van der Waals surface area contributed by atoms with Gasteiger partial charge in [0.15, 0.2) is 5.65 Å². The molecule has 0 radical (unpaired) electrons. The zero-order chi connectivity index (χ0) is 21.3. The van der Waals surface area contributed by atoms with E-state index in [4.69, 9.17) is 11.6 Å². The normalized spacial score (nSPS) is 19.7. The molecule has 30 heavy (non-hydrogen) atoms. The van der Waals surface area contributed by atoms with Gasteiger partial charge in [-0.15, -0.1) is 0 Å². The highest BCUT2D eigenvalue weighted by atomic mass is 35.5. The number of pyridine rings is 1. The van der Waals surface area contributed by atoms with Crippen molar-refractivity contribution in [3.05, 3.63) is 58.9 Å². The van der Waals surface area contributed by atoms with Crippen LogP contribution < -0.4 is 5.32 Å². The van der Waals surface area contributed by atoms with E-state index >= 15 is 0 Å². The van der Waals surface area contributed by atoms with Gasteiger partial charge in [-0.25, -0.2) is 9.67 Å². The van der Waals surface area contributed by atoms with Crippen molar-refractivity contribution < 1.29 is 18.0 Å². The Morgan fingerprint density at radius 1 is 1.20 bits per heavy atom. The summed E-state index contributed by atoms with van der Waals surface area (Å²) >= 11 is 5.97. The van der Waals surface area contributed by atoms with Gasteiger partial charge in [-0.2, -0.15) is 18.3 Å². The summed E-state index contributed by atoms with van der Waals surface area (Å²) in [6, 6.07) is 6.54. The van der Waals surface area contributed by atoms with E-state index in [9.17, 15) is 18.0 Å². The Kier molecular flexibility index (Phi) is 5.69. The monoisotopic (exact) mass is 436 g/mol. The van der Waals surface area contributed by atoms with Gasteiger partial charge < -0.3 is 5.32 Å². The number of nitrogens with one attached hydrogen (secondary N) is 1. The van der Waals surface area contributed by atoms with Gasteiger partial charge in [-0.1, -0.05) is 11.6 Å². The minimum atomic E-state index is -4.52. The lowest BCUT2D eigenvalue weighted by Gasteiger charge is -2.29. The molecule has 158 valence electrons. The van der Waals surface area contributed by atoms with E-state index in [1.807, 2.05) is 16.8 Å². The molecule has 0 saturated heterocycles. The van der Waals surface area contributed by atoms with Crippen molar-refractivity contribution in [2.45, 2.75) is 44.4 Å². The predicted molar refractivity (Wildman–Crippen MR) is 107 cm³/mol. The average Bonchev–Trinajstić information content (AvgIpc) is 3.12. The lowest BCUT2D eigenvalue weighted by molar-refractivity contribution is -0.137. The lowest BCUT2D eigenvalue weighted by Crippen LogP contribution is -2.38. The molecule has 0 bridgehead atoms. The van der Waals surface area contributed by atoms with E-state index in [0.717, 1.165) is 61.5 Å². The second kappa shape index (κ2) is 8.26. The van der Waals surface area contributed by atoms with Crippen LogP contribution in [0.3, 0.4) is 0 Å². The number of hydrogen-bond acceptors (Lipinski definition) is 3. The molecular weight excluding hydrogens is 417 g/mol. The summed E-state index contributed by atoms with van der Waals surface area (Å²) in [5, 5.41) is 8.25. The van der Waals surface area contributed by atoms with E-state index in [-0.39, 0.29) is 16.6 Å². The quantitative estimate of drug-likeness (QED) is 0.619. The molecule has 0 unspecified atom stereocenters. The third-order valence-corrected chi connectivity index (χ3v) is 5.88. The Morgan fingerprint density at radius 3 is 2.70 bits per heavy atom. The van der Waals surface area contributed by atoms with Gasteiger partial charge in [-0.05, 0) is 61.9 Å². The van der Waals surface area contributed by atoms with Crippen LogP contribution in [0.1, 0.15) is 41.6 Å². The Morgan fingerprint density at radius 2 is 1.97 bits per heavy atom. The topological polar surface area (TPSA) is 59.8 Å². The van der Waals surface area contributed by atoms with Crippen LogP contribution in [0.4, 0.5) is 13.2 Å². The minimum Gasteiger partial charge on any atom is -0.349 e. The number of alkyl halides is 3. The number of halogens is 4. The van der Waals surface area contributed by atoms with E-state index in [1.165, 1.54) is 0 Å². The third kappa shape index (κ3) is 4.43. The molecular formula is C21H20ClF3N4O. The van der Waals surface area contributed by atoms with Gasteiger partial charge in [0.05, 0.1) is 22.3 Å². The zero-order valence-electron chi connectivity index (χ0n) is 16.0. The number of benzene rings is 1. The summed E-state index contributed by atoms with van der Waals surface area (Å²) in [6.45, 7) is 0.751. The van der Waals surface area contributed by atoms with Crippen molar-refractivity contribution in [2.75, 3.05) is 0 Å². The van der Waals surface area contributed by atoms with Gasteiger partial charge in [0.2, 0.25) is 0 Å². The fourth-order valence-corrected chi connectivity index (χ4v) is 4.12. The maximum absolute atomic E-state index is 12.9. The fourth-order valence-electron chi connectivity index (χ4n) is 3.92. The van der Waals surface area contributed by atoms with E-state index in [0.29, 0.717) is 5.92 Å². The number of amides is 1. The molecule has 3 aromatic rings. The molecule has 2 aromatic heterocycles. The van der Waals surface area contributed by atoms with Crippen LogP contribution in [0.15, 0.2) is 42.7 Å². The van der Waals surface area contributed by atoms with Gasteiger partial charge >= 0.3 is 6.18 Å². The summed E-state index contributed by atoms with van der Waals surface area (Å²) in [5.74, 6) is -0.169. The molecule has 5 nitrogen and oxygen atoms in total. The summed E-state index contributed by atoms with van der Waals surface area (Å²) < 4.78 is 40.7. The van der Waals surface area contributed by atoms with Crippen molar-refractivity contribution in [2.24, 2.45) is 5.92 Å². The molecule has 1 N–H and O–H groups in total. The molecule has 1 amide bonds. The summed E-state index contributed by atoms with van der Waals surface area (Å²) in [7, 11) is 0. The van der Waals surface area contributed by atoms with Crippen LogP contribution in [0, 0.1) is 5.92 Å². The van der Waals surface area contributed by atoms with Gasteiger partial charge in [0.25, 0.3) is 5.91 Å². The van der Waals surface area contributed by atoms with Crippen LogP contribution in [0.5, 0.6) is 0 Å². The smallest absolute Gasteiger partial charge is 0.349 e. The predicted octanol–water partition coefficient (Wildman–Crippen LogP) is 5.09. The van der Waals surface area contributed by atoms with Crippen LogP contribution in [-0.4, -0.2) is 26.7 Å². The molecule has 1 fully saturated rings. The van der Waals surface area contributed by atoms with E-state index < -0.39 is 17.6 Å². The van der Waals surface area contributed by atoms with Gasteiger partial charge in [0, 0.05) is 24.2 Å². The number of rotatable bonds is 4. The van der Waals surface area contributed by atoms with Crippen LogP contribution in [0.2, 0.25) is 5.02 Å². The zero-order valence-corrected chi connectivity index (χ0v) is 16.7. The highest BCUT2D eigenvalue weighted by molar-refractivity contribution is 6.33. The third-order valence-electron chi connectivity index (χ3n) is 5.55. The molecule has 1 aliphatic rings. The van der Waals surface area contributed by atoms with Crippen molar-refractivity contribution in [1.82, 2.24) is 20.1 Å². The Bertz CT molecular complexity index is 1060. The maximum atomic E-state index is 12.9. The SMILES string of the molecule is O=C(N[C@H]1CC[C@H](Cn2ncc3cccnc32)CC1)c1cc(C(F)(F)F)ccc1Cl. The van der Waals surface area contributed by atoms with E-state index in [1.54, 1.807) is 12.4 Å². The number of aromatic nitrogens is 3. The van der Waals surface area contributed by atoms with Gasteiger partial charge in [-0.3, -0.25) is 4.79 Å². The number of carbonyl (C=O) groups is 1.